The molecule has 1 aromatic rings. The standard InChI is InChI=1S/C19H25NO5/c1-13-15(5-6-16-17(13)23-12-11-22-16)24-14-7-9-20(10-8-14)18(21)25-19(2,3)4/h5-6,11-12,14H,7-10H2,1-4H3/i5D,6D,11D,12D. The van der Waals surface area contributed by atoms with Crippen molar-refractivity contribution in [3.05, 3.63) is 30.1 Å². The molecule has 0 N–H and O–H groups in total. The average molecular weight is 351 g/mol. The van der Waals surface area contributed by atoms with Crippen molar-refractivity contribution in [2.75, 3.05) is 13.1 Å². The molecule has 0 radical (unpaired) electrons. The van der Waals surface area contributed by atoms with E-state index < -0.39 is 18.1 Å². The van der Waals surface area contributed by atoms with E-state index in [1.165, 1.54) is 0 Å². The van der Waals surface area contributed by atoms with Crippen LogP contribution in [0.25, 0.3) is 0 Å². The summed E-state index contributed by atoms with van der Waals surface area (Å²) in [6, 6.07) is -0.426. The summed E-state index contributed by atoms with van der Waals surface area (Å²) in [5.74, 6) is 0.253. The highest BCUT2D eigenvalue weighted by Crippen LogP contribution is 2.39. The first-order valence-corrected chi connectivity index (χ1v) is 8.29. The summed E-state index contributed by atoms with van der Waals surface area (Å²) in [6.45, 7) is 8.05. The topological polar surface area (TPSA) is 57.2 Å². The normalized spacial score (nSPS) is 20.4. The number of piperidine rings is 1. The molecule has 6 nitrogen and oxygen atoms in total. The summed E-state index contributed by atoms with van der Waals surface area (Å²) in [5.41, 5.74) is -0.116. The van der Waals surface area contributed by atoms with Gasteiger partial charge in [0.2, 0.25) is 0 Å². The first kappa shape index (κ1) is 12.9. The van der Waals surface area contributed by atoms with Crippen LogP contribution in [0.1, 0.15) is 44.7 Å². The quantitative estimate of drug-likeness (QED) is 0.805. The molecule has 0 aromatic heterocycles. The van der Waals surface area contributed by atoms with Gasteiger partial charge in [-0.15, -0.1) is 0 Å². The van der Waals surface area contributed by atoms with Crippen LogP contribution in [0.15, 0.2) is 24.6 Å². The number of nitrogens with zero attached hydrogens (tertiary/aromatic N) is 1. The predicted octanol–water partition coefficient (Wildman–Crippen LogP) is 4.02. The summed E-state index contributed by atoms with van der Waals surface area (Å²) in [4.78, 5) is 13.8. The van der Waals surface area contributed by atoms with Gasteiger partial charge in [0.1, 0.15) is 32.7 Å². The number of fused-ring (bicyclic) bond motifs is 1. The third-order valence-electron chi connectivity index (χ3n) is 3.90. The smallest absolute Gasteiger partial charge is 0.410 e. The van der Waals surface area contributed by atoms with Gasteiger partial charge < -0.3 is 23.8 Å². The van der Waals surface area contributed by atoms with Crippen LogP contribution in [0.5, 0.6) is 17.2 Å². The van der Waals surface area contributed by atoms with Crippen LogP contribution < -0.4 is 14.2 Å². The molecule has 6 heteroatoms. The molecule has 1 saturated heterocycles. The second kappa shape index (κ2) is 6.86. The zero-order valence-electron chi connectivity index (χ0n) is 18.9. The highest BCUT2D eigenvalue weighted by Gasteiger charge is 2.28. The van der Waals surface area contributed by atoms with Crippen LogP contribution in [0, 0.1) is 6.92 Å². The van der Waals surface area contributed by atoms with Gasteiger partial charge in [0.25, 0.3) is 0 Å². The molecular weight excluding hydrogens is 322 g/mol. The lowest BCUT2D eigenvalue weighted by atomic mass is 10.1. The second-order valence-electron chi connectivity index (χ2n) is 7.06. The Morgan fingerprint density at radius 1 is 1.24 bits per heavy atom. The Bertz CT molecular complexity index is 857. The van der Waals surface area contributed by atoms with Crippen molar-refractivity contribution in [1.29, 1.82) is 0 Å². The van der Waals surface area contributed by atoms with E-state index in [0.717, 1.165) is 0 Å². The molecule has 25 heavy (non-hydrogen) atoms. The molecule has 0 aliphatic carbocycles. The molecule has 2 aliphatic rings. The fourth-order valence-corrected chi connectivity index (χ4v) is 2.64. The number of hydrogen-bond donors (Lipinski definition) is 0. The lowest BCUT2D eigenvalue weighted by Crippen LogP contribution is -2.44. The molecule has 2 aliphatic heterocycles. The van der Waals surface area contributed by atoms with E-state index in [2.05, 4.69) is 0 Å². The van der Waals surface area contributed by atoms with Crippen LogP contribution in [0.4, 0.5) is 4.79 Å². The van der Waals surface area contributed by atoms with Gasteiger partial charge in [-0.25, -0.2) is 4.79 Å². The molecule has 1 amide bonds. The van der Waals surface area contributed by atoms with Crippen molar-refractivity contribution >= 4 is 6.09 Å². The molecule has 0 unspecified atom stereocenters. The SMILES string of the molecule is [2H]C1=C([2H])Oc2c(C)c(OC3CCN(C(=O)OC(C)(C)C)CC3)c([2H])c([2H])c2O1. The minimum absolute atomic E-state index is 0.0550. The largest absolute Gasteiger partial charge is 0.490 e. The van der Waals surface area contributed by atoms with Gasteiger partial charge in [0.05, 0.1) is 2.74 Å². The Hall–Kier alpha value is -2.37. The molecule has 1 fully saturated rings. The third-order valence-corrected chi connectivity index (χ3v) is 3.90. The molecular formula is C19H25NO5. The number of ether oxygens (including phenoxy) is 4. The maximum absolute atomic E-state index is 12.2. The highest BCUT2D eigenvalue weighted by molar-refractivity contribution is 5.68. The average Bonchev–Trinajstić information content (AvgIpc) is 2.64. The minimum atomic E-state index is -0.554. The number of likely N-dealkylation sites (tertiary alicyclic amines) is 1. The highest BCUT2D eigenvalue weighted by atomic mass is 16.6. The third kappa shape index (κ3) is 4.18. The van der Waals surface area contributed by atoms with Gasteiger partial charge in [0.15, 0.2) is 11.5 Å². The number of hydrogen-bond acceptors (Lipinski definition) is 5. The van der Waals surface area contributed by atoms with Gasteiger partial charge >= 0.3 is 6.09 Å². The lowest BCUT2D eigenvalue weighted by molar-refractivity contribution is 0.0126. The Labute approximate surface area is 153 Å². The van der Waals surface area contributed by atoms with Gasteiger partial charge in [-0.3, -0.25) is 0 Å². The molecule has 0 bridgehead atoms. The van der Waals surface area contributed by atoms with Crippen LogP contribution in [0.3, 0.4) is 0 Å². The molecule has 0 spiro atoms. The van der Waals surface area contributed by atoms with Gasteiger partial charge in [-0.1, -0.05) is 0 Å². The van der Waals surface area contributed by atoms with Crippen molar-refractivity contribution in [3.8, 4) is 17.2 Å². The van der Waals surface area contributed by atoms with Crippen molar-refractivity contribution in [1.82, 2.24) is 4.90 Å². The number of amides is 1. The van der Waals surface area contributed by atoms with Crippen LogP contribution >= 0.6 is 0 Å². The summed E-state index contributed by atoms with van der Waals surface area (Å²) in [5, 5.41) is 0. The monoisotopic (exact) mass is 351 g/mol. The summed E-state index contributed by atoms with van der Waals surface area (Å²) < 4.78 is 53.5. The Morgan fingerprint density at radius 3 is 2.60 bits per heavy atom. The molecule has 1 aromatic carbocycles. The van der Waals surface area contributed by atoms with E-state index in [1.807, 2.05) is 20.8 Å². The van der Waals surface area contributed by atoms with E-state index in [-0.39, 0.29) is 41.5 Å². The van der Waals surface area contributed by atoms with Crippen molar-refractivity contribution in [2.45, 2.75) is 52.2 Å². The van der Waals surface area contributed by atoms with Gasteiger partial charge in [0, 0.05) is 31.5 Å². The number of rotatable bonds is 2. The maximum Gasteiger partial charge on any atom is 0.410 e. The van der Waals surface area contributed by atoms with Gasteiger partial charge in [-0.2, -0.15) is 0 Å². The maximum atomic E-state index is 12.2. The van der Waals surface area contributed by atoms with E-state index in [1.54, 1.807) is 11.8 Å². The number of benzene rings is 1. The zero-order valence-corrected chi connectivity index (χ0v) is 14.9. The number of carbonyl (C=O) groups excluding carboxylic acids is 1. The lowest BCUT2D eigenvalue weighted by Gasteiger charge is -2.33. The van der Waals surface area contributed by atoms with Crippen molar-refractivity contribution in [3.63, 3.8) is 0 Å². The second-order valence-corrected chi connectivity index (χ2v) is 7.06. The van der Waals surface area contributed by atoms with Crippen LogP contribution in [-0.4, -0.2) is 35.8 Å². The molecule has 2 heterocycles. The fraction of sp³-hybridized carbons (Fsp3) is 0.526. The van der Waals surface area contributed by atoms with Crippen molar-refractivity contribution < 1.29 is 29.2 Å². The minimum Gasteiger partial charge on any atom is -0.490 e. The Kier molecular flexibility index (Phi) is 3.54. The first-order chi connectivity index (χ1) is 13.5. The molecule has 0 atom stereocenters. The van der Waals surface area contributed by atoms with Crippen LogP contribution in [-0.2, 0) is 4.74 Å². The Balaban J connectivity index is 1.72. The number of carbonyl (C=O) groups is 1. The Morgan fingerprint density at radius 2 is 1.92 bits per heavy atom. The van der Waals surface area contributed by atoms with E-state index in [4.69, 9.17) is 24.4 Å². The van der Waals surface area contributed by atoms with Crippen LogP contribution in [0.2, 0.25) is 0 Å². The zero-order chi connectivity index (χ0) is 21.5. The summed E-state index contributed by atoms with van der Waals surface area (Å²) in [7, 11) is 0. The van der Waals surface area contributed by atoms with Crippen molar-refractivity contribution in [2.24, 2.45) is 0 Å². The fourth-order valence-electron chi connectivity index (χ4n) is 2.64. The molecule has 3 rings (SSSR count). The first-order valence-electron chi connectivity index (χ1n) is 10.3. The molecule has 136 valence electrons. The summed E-state index contributed by atoms with van der Waals surface area (Å²) in [6.07, 6.45) is -0.457. The van der Waals surface area contributed by atoms with Gasteiger partial charge in [-0.05, 0) is 39.8 Å². The predicted molar refractivity (Wildman–Crippen MR) is 93.0 cm³/mol. The summed E-state index contributed by atoms with van der Waals surface area (Å²) >= 11 is 0. The van der Waals surface area contributed by atoms with E-state index in [9.17, 15) is 4.79 Å². The molecule has 0 saturated carbocycles. The van der Waals surface area contributed by atoms with E-state index in [0.29, 0.717) is 31.5 Å². The van der Waals surface area contributed by atoms with E-state index >= 15 is 0 Å².